The number of nitrogens with one attached hydrogen (secondary N) is 1. The molecule has 0 radical (unpaired) electrons. The fraction of sp³-hybridized carbons (Fsp3) is 0. The molecule has 1 aliphatic rings. The molecule has 2 rings (SSSR count). The highest BCUT2D eigenvalue weighted by Gasteiger charge is 1.96. The molecule has 1 aliphatic heterocycles. The fourth-order valence-corrected chi connectivity index (χ4v) is 1.32. The summed E-state index contributed by atoms with van der Waals surface area (Å²) in [4.78, 5) is 0. The topological polar surface area (TPSA) is 38.0 Å². The van der Waals surface area contributed by atoms with E-state index in [1.165, 1.54) is 0 Å². The normalized spacial score (nSPS) is 17.7. The monoisotopic (exact) mass is 184 g/mol. The lowest BCUT2D eigenvalue weighted by Crippen LogP contribution is -2.10. The van der Waals surface area contributed by atoms with Gasteiger partial charge in [0.25, 0.3) is 0 Å². The van der Waals surface area contributed by atoms with Crippen molar-refractivity contribution in [2.75, 3.05) is 0 Å². The van der Waals surface area contributed by atoms with E-state index in [-0.39, 0.29) is 0 Å². The zero-order valence-electron chi connectivity index (χ0n) is 7.77. The van der Waals surface area contributed by atoms with E-state index >= 15 is 0 Å². The second kappa shape index (κ2) is 3.83. The summed E-state index contributed by atoms with van der Waals surface area (Å²) in [6, 6.07) is 10.1. The largest absolute Gasteiger partial charge is 0.399 e. The molecule has 0 saturated carbocycles. The van der Waals surface area contributed by atoms with E-state index in [0.29, 0.717) is 0 Å². The first-order valence-corrected chi connectivity index (χ1v) is 4.51. The molecule has 0 aliphatic carbocycles. The highest BCUT2D eigenvalue weighted by molar-refractivity contribution is 5.57. The van der Waals surface area contributed by atoms with Crippen molar-refractivity contribution in [3.63, 3.8) is 0 Å². The van der Waals surface area contributed by atoms with Gasteiger partial charge in [-0.15, -0.1) is 0 Å². The lowest BCUT2D eigenvalue weighted by molar-refractivity contribution is 1.08. The maximum atomic E-state index is 5.67. The van der Waals surface area contributed by atoms with Crippen LogP contribution in [0.1, 0.15) is 5.56 Å². The molecule has 70 valence electrons. The lowest BCUT2D eigenvalue weighted by atomic mass is 10.1. The Kier molecular flexibility index (Phi) is 2.36. The second-order valence-corrected chi connectivity index (χ2v) is 3.13. The van der Waals surface area contributed by atoms with Crippen molar-refractivity contribution in [1.29, 1.82) is 0 Å². The van der Waals surface area contributed by atoms with Crippen molar-refractivity contribution in [1.82, 2.24) is 5.32 Å². The fourth-order valence-electron chi connectivity index (χ4n) is 1.32. The molecule has 0 aromatic heterocycles. The maximum Gasteiger partial charge on any atom is 0.0406 e. The molecular formula is C12H12N2. The summed E-state index contributed by atoms with van der Waals surface area (Å²) in [5.41, 5.74) is 8.61. The molecule has 0 bridgehead atoms. The molecule has 0 unspecified atom stereocenters. The Morgan fingerprint density at radius 1 is 1.14 bits per heavy atom. The van der Waals surface area contributed by atoms with Crippen molar-refractivity contribution in [2.45, 2.75) is 0 Å². The summed E-state index contributed by atoms with van der Waals surface area (Å²) >= 11 is 0. The van der Waals surface area contributed by atoms with Crippen molar-refractivity contribution in [3.8, 4) is 0 Å². The van der Waals surface area contributed by atoms with E-state index in [9.17, 15) is 0 Å². The summed E-state index contributed by atoms with van der Waals surface area (Å²) in [5, 5.41) is 3.12. The van der Waals surface area contributed by atoms with Gasteiger partial charge in [-0.1, -0.05) is 30.3 Å². The molecule has 1 aromatic carbocycles. The van der Waals surface area contributed by atoms with Crippen LogP contribution in [0.15, 0.2) is 60.1 Å². The second-order valence-electron chi connectivity index (χ2n) is 3.13. The zero-order chi connectivity index (χ0) is 9.80. The highest BCUT2D eigenvalue weighted by Crippen LogP contribution is 2.09. The van der Waals surface area contributed by atoms with E-state index in [2.05, 4.69) is 23.5 Å². The van der Waals surface area contributed by atoms with Crippen molar-refractivity contribution >= 4 is 6.08 Å². The van der Waals surface area contributed by atoms with Crippen molar-refractivity contribution < 1.29 is 0 Å². The third-order valence-corrected chi connectivity index (χ3v) is 1.97. The van der Waals surface area contributed by atoms with Gasteiger partial charge in [0.1, 0.15) is 0 Å². The van der Waals surface area contributed by atoms with Crippen LogP contribution in [0.5, 0.6) is 0 Å². The van der Waals surface area contributed by atoms with Crippen molar-refractivity contribution in [2.24, 2.45) is 5.73 Å². The smallest absolute Gasteiger partial charge is 0.0406 e. The molecule has 0 saturated heterocycles. The van der Waals surface area contributed by atoms with Crippen LogP contribution in [0.4, 0.5) is 0 Å². The van der Waals surface area contributed by atoms with Crippen LogP contribution < -0.4 is 11.1 Å². The number of rotatable bonds is 1. The molecule has 0 fully saturated rings. The average molecular weight is 184 g/mol. The maximum absolute atomic E-state index is 5.67. The Morgan fingerprint density at radius 3 is 2.64 bits per heavy atom. The number of hydrogen-bond donors (Lipinski definition) is 2. The van der Waals surface area contributed by atoms with Gasteiger partial charge < -0.3 is 11.1 Å². The molecular weight excluding hydrogens is 172 g/mol. The number of dihydropyridines is 1. The van der Waals surface area contributed by atoms with Gasteiger partial charge in [-0.2, -0.15) is 0 Å². The Balaban J connectivity index is 2.24. The number of hydrogen-bond acceptors (Lipinski definition) is 2. The molecule has 0 spiro atoms. The Morgan fingerprint density at radius 2 is 1.93 bits per heavy atom. The predicted octanol–water partition coefficient (Wildman–Crippen LogP) is 1.99. The molecule has 14 heavy (non-hydrogen) atoms. The first-order chi connectivity index (χ1) is 6.84. The third kappa shape index (κ3) is 2.04. The third-order valence-electron chi connectivity index (χ3n) is 1.97. The summed E-state index contributed by atoms with van der Waals surface area (Å²) in [5.74, 6) is 0. The molecule has 0 atom stereocenters. The molecule has 3 N–H and O–H groups in total. The zero-order valence-corrected chi connectivity index (χ0v) is 7.77. The van der Waals surface area contributed by atoms with Gasteiger partial charge in [0.15, 0.2) is 0 Å². The van der Waals surface area contributed by atoms with Crippen LogP contribution in [0.2, 0.25) is 0 Å². The van der Waals surface area contributed by atoms with Crippen LogP contribution in [-0.4, -0.2) is 0 Å². The van der Waals surface area contributed by atoms with Gasteiger partial charge in [0.05, 0.1) is 0 Å². The minimum Gasteiger partial charge on any atom is -0.399 e. The molecule has 0 amide bonds. The Bertz CT molecular complexity index is 400. The van der Waals surface area contributed by atoms with Gasteiger partial charge in [-0.05, 0) is 23.8 Å². The molecule has 2 heteroatoms. The van der Waals surface area contributed by atoms with Gasteiger partial charge in [-0.3, -0.25) is 0 Å². The number of benzene rings is 1. The molecule has 2 nitrogen and oxygen atoms in total. The molecule has 1 heterocycles. The van der Waals surface area contributed by atoms with E-state index in [1.807, 2.05) is 36.6 Å². The summed E-state index contributed by atoms with van der Waals surface area (Å²) < 4.78 is 0. The lowest BCUT2D eigenvalue weighted by Gasteiger charge is -2.08. The Hall–Kier alpha value is -1.96. The standard InChI is InChI=1S/C12H12N2/c13-11-6-7-14-12(9-11)8-10-4-2-1-3-5-10/h1-9,14H,13H2. The van der Waals surface area contributed by atoms with Crippen molar-refractivity contribution in [3.05, 3.63) is 65.6 Å². The van der Waals surface area contributed by atoms with Crippen LogP contribution in [0.25, 0.3) is 6.08 Å². The predicted molar refractivity (Wildman–Crippen MR) is 59.0 cm³/mol. The van der Waals surface area contributed by atoms with Gasteiger partial charge >= 0.3 is 0 Å². The van der Waals surface area contributed by atoms with Gasteiger partial charge in [0, 0.05) is 17.6 Å². The van der Waals surface area contributed by atoms with E-state index in [4.69, 9.17) is 5.73 Å². The van der Waals surface area contributed by atoms with E-state index in [1.54, 1.807) is 0 Å². The molecule has 1 aromatic rings. The van der Waals surface area contributed by atoms with Gasteiger partial charge in [0.2, 0.25) is 0 Å². The average Bonchev–Trinajstić information content (AvgIpc) is 2.19. The van der Waals surface area contributed by atoms with Crippen LogP contribution >= 0.6 is 0 Å². The van der Waals surface area contributed by atoms with Gasteiger partial charge in [-0.25, -0.2) is 0 Å². The number of allylic oxidation sites excluding steroid dienone is 2. The van der Waals surface area contributed by atoms with E-state index in [0.717, 1.165) is 17.0 Å². The summed E-state index contributed by atoms with van der Waals surface area (Å²) in [6.07, 6.45) is 7.63. The van der Waals surface area contributed by atoms with Crippen LogP contribution in [0, 0.1) is 0 Å². The highest BCUT2D eigenvalue weighted by atomic mass is 14.9. The minimum absolute atomic E-state index is 0.769. The first-order valence-electron chi connectivity index (χ1n) is 4.51. The summed E-state index contributed by atoms with van der Waals surface area (Å²) in [7, 11) is 0. The van der Waals surface area contributed by atoms with Crippen LogP contribution in [-0.2, 0) is 0 Å². The number of nitrogens with two attached hydrogens (primary N) is 1. The van der Waals surface area contributed by atoms with E-state index < -0.39 is 0 Å². The summed E-state index contributed by atoms with van der Waals surface area (Å²) in [6.45, 7) is 0. The van der Waals surface area contributed by atoms with Crippen LogP contribution in [0.3, 0.4) is 0 Å². The SMILES string of the molecule is NC1=CC(=Cc2ccccc2)NC=C1. The Labute approximate surface area is 83.4 Å². The first kappa shape index (κ1) is 8.63. The minimum atomic E-state index is 0.769. The quantitative estimate of drug-likeness (QED) is 0.700.